The highest BCUT2D eigenvalue weighted by Crippen LogP contribution is 2.37. The average Bonchev–Trinajstić information content (AvgIpc) is 3.06. The van der Waals surface area contributed by atoms with Gasteiger partial charge in [-0.1, -0.05) is 39.3 Å². The molecule has 0 saturated heterocycles. The molecule has 31 heavy (non-hydrogen) atoms. The van der Waals surface area contributed by atoms with E-state index in [1.54, 1.807) is 24.3 Å². The van der Waals surface area contributed by atoms with E-state index in [4.69, 9.17) is 4.74 Å². The first kappa shape index (κ1) is 22.2. The molecule has 2 aromatic carbocycles. The van der Waals surface area contributed by atoms with E-state index in [9.17, 15) is 14.0 Å². The number of nitrogens with zero attached hydrogens (tertiary/aromatic N) is 2. The summed E-state index contributed by atoms with van der Waals surface area (Å²) in [5, 5.41) is 7.53. The van der Waals surface area contributed by atoms with Crippen LogP contribution < -0.4 is 10.1 Å². The lowest BCUT2D eigenvalue weighted by atomic mass is 10.0. The van der Waals surface area contributed by atoms with E-state index in [0.29, 0.717) is 23.4 Å². The fourth-order valence-electron chi connectivity index (χ4n) is 3.14. The first-order valence-electron chi connectivity index (χ1n) is 10.3. The SMILES string of the molecule is CCCc1nn(-c2ccc(F)cc2)c(OC(C)=O)c1-c1ccc(NC(=O)C(C)C)cc1. The molecular formula is C24H26FN3O3. The van der Waals surface area contributed by atoms with Gasteiger partial charge in [-0.2, -0.15) is 9.78 Å². The molecule has 1 aromatic heterocycles. The van der Waals surface area contributed by atoms with E-state index in [0.717, 1.165) is 17.7 Å². The standard InChI is InChI=1S/C24H26FN3O3/c1-5-6-21-22(17-7-11-19(12-8-17)26-23(30)15(2)3)24(31-16(4)29)28(27-21)20-13-9-18(25)10-14-20/h7-15H,5-6H2,1-4H3,(H,26,30). The molecular weight excluding hydrogens is 397 g/mol. The Morgan fingerprint density at radius 2 is 1.74 bits per heavy atom. The first-order chi connectivity index (χ1) is 14.8. The van der Waals surface area contributed by atoms with E-state index in [-0.39, 0.29) is 23.5 Å². The lowest BCUT2D eigenvalue weighted by molar-refractivity contribution is -0.132. The Morgan fingerprint density at radius 1 is 1.10 bits per heavy atom. The third kappa shape index (κ3) is 5.17. The van der Waals surface area contributed by atoms with Gasteiger partial charge in [0.1, 0.15) is 5.82 Å². The van der Waals surface area contributed by atoms with Gasteiger partial charge in [-0.25, -0.2) is 4.39 Å². The van der Waals surface area contributed by atoms with Gasteiger partial charge in [-0.15, -0.1) is 0 Å². The highest BCUT2D eigenvalue weighted by Gasteiger charge is 2.23. The molecule has 0 atom stereocenters. The predicted molar refractivity (Wildman–Crippen MR) is 118 cm³/mol. The fourth-order valence-corrected chi connectivity index (χ4v) is 3.14. The molecule has 1 heterocycles. The molecule has 0 unspecified atom stereocenters. The number of halogens is 1. The summed E-state index contributed by atoms with van der Waals surface area (Å²) in [5.41, 5.74) is 3.53. The van der Waals surface area contributed by atoms with Crippen LogP contribution in [0.3, 0.4) is 0 Å². The summed E-state index contributed by atoms with van der Waals surface area (Å²) in [6.45, 7) is 7.03. The maximum atomic E-state index is 13.4. The molecule has 162 valence electrons. The first-order valence-corrected chi connectivity index (χ1v) is 10.3. The summed E-state index contributed by atoms with van der Waals surface area (Å²) >= 11 is 0. The van der Waals surface area contributed by atoms with Crippen molar-refractivity contribution >= 4 is 17.6 Å². The molecule has 1 N–H and O–H groups in total. The number of anilines is 1. The zero-order chi connectivity index (χ0) is 22.5. The highest BCUT2D eigenvalue weighted by atomic mass is 19.1. The van der Waals surface area contributed by atoms with Gasteiger partial charge in [-0.3, -0.25) is 9.59 Å². The third-order valence-electron chi connectivity index (χ3n) is 4.68. The molecule has 3 rings (SSSR count). The van der Waals surface area contributed by atoms with Gasteiger partial charge in [0.2, 0.25) is 11.8 Å². The maximum absolute atomic E-state index is 13.4. The monoisotopic (exact) mass is 423 g/mol. The molecule has 0 saturated carbocycles. The van der Waals surface area contributed by atoms with Gasteiger partial charge in [-0.05, 0) is 48.4 Å². The van der Waals surface area contributed by atoms with E-state index in [1.165, 1.54) is 23.7 Å². The van der Waals surface area contributed by atoms with Crippen molar-refractivity contribution in [1.29, 1.82) is 0 Å². The van der Waals surface area contributed by atoms with Gasteiger partial charge in [0.15, 0.2) is 0 Å². The summed E-state index contributed by atoms with van der Waals surface area (Å²) in [5.74, 6) is -0.752. The van der Waals surface area contributed by atoms with Crippen molar-refractivity contribution in [3.8, 4) is 22.7 Å². The van der Waals surface area contributed by atoms with Gasteiger partial charge in [0, 0.05) is 18.5 Å². The van der Waals surface area contributed by atoms with E-state index in [2.05, 4.69) is 10.4 Å². The van der Waals surface area contributed by atoms with Crippen LogP contribution in [0.4, 0.5) is 10.1 Å². The number of hydrogen-bond acceptors (Lipinski definition) is 4. The number of rotatable bonds is 7. The smallest absolute Gasteiger partial charge is 0.309 e. The summed E-state index contributed by atoms with van der Waals surface area (Å²) < 4.78 is 20.5. The Kier molecular flexibility index (Phi) is 6.84. The van der Waals surface area contributed by atoms with Crippen LogP contribution in [0.2, 0.25) is 0 Å². The second-order valence-electron chi connectivity index (χ2n) is 7.58. The molecule has 0 bridgehead atoms. The number of carbonyl (C=O) groups excluding carboxylic acids is 2. The quantitative estimate of drug-likeness (QED) is 0.534. The molecule has 7 heteroatoms. The normalized spacial score (nSPS) is 10.9. The van der Waals surface area contributed by atoms with Crippen molar-refractivity contribution in [1.82, 2.24) is 9.78 Å². The third-order valence-corrected chi connectivity index (χ3v) is 4.68. The summed E-state index contributed by atoms with van der Waals surface area (Å²) in [7, 11) is 0. The maximum Gasteiger partial charge on any atom is 0.309 e. The largest absolute Gasteiger partial charge is 0.407 e. The number of carbonyl (C=O) groups is 2. The molecule has 0 aliphatic rings. The Bertz CT molecular complexity index is 1070. The van der Waals surface area contributed by atoms with Crippen molar-refractivity contribution < 1.29 is 18.7 Å². The van der Waals surface area contributed by atoms with Crippen molar-refractivity contribution in [2.24, 2.45) is 5.92 Å². The molecule has 0 aliphatic heterocycles. The minimum absolute atomic E-state index is 0.0656. The van der Waals surface area contributed by atoms with Crippen LogP contribution in [0, 0.1) is 11.7 Å². The second kappa shape index (κ2) is 9.55. The Balaban J connectivity index is 2.10. The Morgan fingerprint density at radius 3 is 2.29 bits per heavy atom. The van der Waals surface area contributed by atoms with Crippen molar-refractivity contribution in [2.45, 2.75) is 40.5 Å². The second-order valence-corrected chi connectivity index (χ2v) is 7.58. The van der Waals surface area contributed by atoms with Crippen LogP contribution in [-0.4, -0.2) is 21.7 Å². The van der Waals surface area contributed by atoms with Crippen LogP contribution in [0.25, 0.3) is 16.8 Å². The molecule has 0 spiro atoms. The van der Waals surface area contributed by atoms with E-state index < -0.39 is 5.97 Å². The Labute approximate surface area is 181 Å². The van der Waals surface area contributed by atoms with Crippen LogP contribution >= 0.6 is 0 Å². The molecule has 0 aliphatic carbocycles. The number of ether oxygens (including phenoxy) is 1. The van der Waals surface area contributed by atoms with Crippen molar-refractivity contribution in [2.75, 3.05) is 5.32 Å². The Hall–Kier alpha value is -3.48. The number of benzene rings is 2. The van der Waals surface area contributed by atoms with Gasteiger partial charge in [0.25, 0.3) is 0 Å². The zero-order valence-electron chi connectivity index (χ0n) is 18.1. The fraction of sp³-hybridized carbons (Fsp3) is 0.292. The molecule has 1 amide bonds. The topological polar surface area (TPSA) is 73.2 Å². The minimum atomic E-state index is -0.478. The lowest BCUT2D eigenvalue weighted by Gasteiger charge is -2.11. The van der Waals surface area contributed by atoms with Crippen LogP contribution in [0.5, 0.6) is 5.88 Å². The summed E-state index contributed by atoms with van der Waals surface area (Å²) in [4.78, 5) is 23.8. The summed E-state index contributed by atoms with van der Waals surface area (Å²) in [6.07, 6.45) is 1.51. The highest BCUT2D eigenvalue weighted by molar-refractivity contribution is 5.92. The van der Waals surface area contributed by atoms with Crippen LogP contribution in [0.15, 0.2) is 48.5 Å². The van der Waals surface area contributed by atoms with E-state index >= 15 is 0 Å². The molecule has 6 nitrogen and oxygen atoms in total. The molecule has 3 aromatic rings. The van der Waals surface area contributed by atoms with Gasteiger partial charge >= 0.3 is 5.97 Å². The number of nitrogens with one attached hydrogen (secondary N) is 1. The van der Waals surface area contributed by atoms with Crippen molar-refractivity contribution in [3.63, 3.8) is 0 Å². The lowest BCUT2D eigenvalue weighted by Crippen LogP contribution is -2.17. The number of aryl methyl sites for hydroxylation is 1. The molecule has 0 fully saturated rings. The number of amides is 1. The molecule has 0 radical (unpaired) electrons. The van der Waals surface area contributed by atoms with E-state index in [1.807, 2.05) is 32.9 Å². The minimum Gasteiger partial charge on any atom is -0.407 e. The van der Waals surface area contributed by atoms with Crippen LogP contribution in [0.1, 0.15) is 39.8 Å². The van der Waals surface area contributed by atoms with Gasteiger partial charge < -0.3 is 10.1 Å². The number of hydrogen-bond donors (Lipinski definition) is 1. The van der Waals surface area contributed by atoms with Crippen molar-refractivity contribution in [3.05, 3.63) is 60.0 Å². The number of aromatic nitrogens is 2. The van der Waals surface area contributed by atoms with Crippen LogP contribution in [-0.2, 0) is 16.0 Å². The average molecular weight is 423 g/mol. The van der Waals surface area contributed by atoms with Gasteiger partial charge in [0.05, 0.1) is 16.9 Å². The zero-order valence-corrected chi connectivity index (χ0v) is 18.1. The number of esters is 1. The summed E-state index contributed by atoms with van der Waals surface area (Å²) in [6, 6.07) is 13.1. The predicted octanol–water partition coefficient (Wildman–Crippen LogP) is 5.15.